The number of carbonyl (C=O) groups is 2. The Bertz CT molecular complexity index is 1290. The minimum atomic E-state index is -1.34. The number of amides is 2. The molecule has 0 aliphatic carbocycles. The summed E-state index contributed by atoms with van der Waals surface area (Å²) < 4.78 is 2.08. The van der Waals surface area contributed by atoms with Gasteiger partial charge in [0.2, 0.25) is 0 Å². The molecule has 0 bridgehead atoms. The Labute approximate surface area is 184 Å². The van der Waals surface area contributed by atoms with Crippen molar-refractivity contribution in [3.63, 3.8) is 0 Å². The number of nitrogens with one attached hydrogen (secondary N) is 1. The first-order valence-corrected chi connectivity index (χ1v) is 10.1. The van der Waals surface area contributed by atoms with Gasteiger partial charge in [0.25, 0.3) is 5.91 Å². The molecule has 0 radical (unpaired) electrons. The van der Waals surface area contributed by atoms with Crippen LogP contribution in [0.3, 0.4) is 0 Å². The van der Waals surface area contributed by atoms with Gasteiger partial charge in [0.05, 0.1) is 5.56 Å². The SMILES string of the molecule is N/C(=N/C(=O)O)c1ccc(CNC(=O)c2cn(Cc3ccccc3)c3ccccc23)cc1. The Morgan fingerprint density at radius 3 is 2.31 bits per heavy atom. The lowest BCUT2D eigenvalue weighted by Gasteiger charge is -2.06. The summed E-state index contributed by atoms with van der Waals surface area (Å²) in [5.74, 6) is -0.233. The number of carboxylic acid groups (broad SMARTS) is 1. The molecule has 2 amide bonds. The fourth-order valence-electron chi connectivity index (χ4n) is 3.58. The average molecular weight is 426 g/mol. The topological polar surface area (TPSA) is 110 Å². The van der Waals surface area contributed by atoms with Crippen LogP contribution in [0.15, 0.2) is 90.1 Å². The molecule has 0 fully saturated rings. The standard InChI is InChI=1S/C25H22N4O3/c26-23(28-25(31)32)19-12-10-17(11-13-19)14-27-24(30)21-16-29(15-18-6-2-1-3-7-18)22-9-5-4-8-20(21)22/h1-13,16H,14-15H2,(H2,26,28)(H,27,30)(H,31,32). The number of aliphatic imine (C=N–C) groups is 1. The van der Waals surface area contributed by atoms with Crippen molar-refractivity contribution in [2.75, 3.05) is 0 Å². The Balaban J connectivity index is 1.50. The van der Waals surface area contributed by atoms with E-state index in [4.69, 9.17) is 10.8 Å². The Hall–Kier alpha value is -4.39. The van der Waals surface area contributed by atoms with Crippen LogP contribution in [0.25, 0.3) is 10.9 Å². The smallest absolute Gasteiger partial charge is 0.433 e. The van der Waals surface area contributed by atoms with Crippen molar-refractivity contribution in [1.82, 2.24) is 9.88 Å². The molecule has 0 saturated heterocycles. The van der Waals surface area contributed by atoms with Crippen LogP contribution in [-0.2, 0) is 13.1 Å². The normalized spacial score (nSPS) is 11.4. The summed E-state index contributed by atoms with van der Waals surface area (Å²) in [6.07, 6.45) is 0.546. The van der Waals surface area contributed by atoms with Gasteiger partial charge >= 0.3 is 6.09 Å². The molecule has 4 rings (SSSR count). The van der Waals surface area contributed by atoms with Crippen LogP contribution >= 0.6 is 0 Å². The van der Waals surface area contributed by atoms with Gasteiger partial charge in [0.15, 0.2) is 0 Å². The average Bonchev–Trinajstić information content (AvgIpc) is 3.16. The third-order valence-corrected chi connectivity index (χ3v) is 5.15. The van der Waals surface area contributed by atoms with Crippen LogP contribution in [0, 0.1) is 0 Å². The van der Waals surface area contributed by atoms with Crippen LogP contribution in [0.5, 0.6) is 0 Å². The van der Waals surface area contributed by atoms with Gasteiger partial charge in [0, 0.05) is 35.8 Å². The second-order valence-corrected chi connectivity index (χ2v) is 7.33. The highest BCUT2D eigenvalue weighted by Crippen LogP contribution is 2.22. The molecule has 0 spiro atoms. The number of fused-ring (bicyclic) bond motifs is 1. The lowest BCUT2D eigenvalue weighted by molar-refractivity contribution is 0.0952. The van der Waals surface area contributed by atoms with Crippen molar-refractivity contribution in [2.24, 2.45) is 10.7 Å². The maximum absolute atomic E-state index is 13.0. The van der Waals surface area contributed by atoms with E-state index in [1.807, 2.05) is 48.7 Å². The largest absolute Gasteiger partial charge is 0.463 e. The van der Waals surface area contributed by atoms with Crippen molar-refractivity contribution in [2.45, 2.75) is 13.1 Å². The zero-order valence-corrected chi connectivity index (χ0v) is 17.2. The van der Waals surface area contributed by atoms with Crippen LogP contribution in [0.1, 0.15) is 27.0 Å². The van der Waals surface area contributed by atoms with Crippen molar-refractivity contribution < 1.29 is 14.7 Å². The molecule has 0 aliphatic rings. The van der Waals surface area contributed by atoms with E-state index in [-0.39, 0.29) is 11.7 Å². The predicted octanol–water partition coefficient (Wildman–Crippen LogP) is 4.00. The molecule has 0 saturated carbocycles. The maximum Gasteiger partial charge on any atom is 0.433 e. The molecule has 32 heavy (non-hydrogen) atoms. The zero-order chi connectivity index (χ0) is 22.5. The lowest BCUT2D eigenvalue weighted by Crippen LogP contribution is -2.22. The number of carbonyl (C=O) groups excluding carboxylic acids is 1. The van der Waals surface area contributed by atoms with E-state index in [1.165, 1.54) is 0 Å². The summed E-state index contributed by atoms with van der Waals surface area (Å²) >= 11 is 0. The number of rotatable bonds is 6. The molecule has 4 aromatic rings. The highest BCUT2D eigenvalue weighted by atomic mass is 16.4. The van der Waals surface area contributed by atoms with Crippen LogP contribution in [0.4, 0.5) is 4.79 Å². The van der Waals surface area contributed by atoms with Gasteiger partial charge in [0.1, 0.15) is 5.84 Å². The first-order chi connectivity index (χ1) is 15.5. The van der Waals surface area contributed by atoms with Crippen molar-refractivity contribution >= 4 is 28.7 Å². The summed E-state index contributed by atoms with van der Waals surface area (Å²) in [5, 5.41) is 12.6. The maximum atomic E-state index is 13.0. The Kier molecular flexibility index (Phi) is 5.98. The van der Waals surface area contributed by atoms with Gasteiger partial charge in [-0.05, 0) is 17.2 Å². The number of hydrogen-bond acceptors (Lipinski definition) is 2. The second kappa shape index (κ2) is 9.18. The zero-order valence-electron chi connectivity index (χ0n) is 17.2. The molecule has 0 unspecified atom stereocenters. The van der Waals surface area contributed by atoms with E-state index in [0.717, 1.165) is 22.0 Å². The first kappa shape index (κ1) is 20.9. The summed E-state index contributed by atoms with van der Waals surface area (Å²) in [6, 6.07) is 24.9. The first-order valence-electron chi connectivity index (χ1n) is 10.1. The molecule has 0 aliphatic heterocycles. The molecule has 0 atom stereocenters. The Morgan fingerprint density at radius 2 is 1.59 bits per heavy atom. The fourth-order valence-corrected chi connectivity index (χ4v) is 3.58. The summed E-state index contributed by atoms with van der Waals surface area (Å²) in [6.45, 7) is 1.00. The van der Waals surface area contributed by atoms with Crippen LogP contribution < -0.4 is 11.1 Å². The highest BCUT2D eigenvalue weighted by Gasteiger charge is 2.15. The van der Waals surface area contributed by atoms with E-state index in [0.29, 0.717) is 24.2 Å². The highest BCUT2D eigenvalue weighted by molar-refractivity contribution is 6.07. The third-order valence-electron chi connectivity index (χ3n) is 5.15. The number of para-hydroxylation sites is 1. The minimum Gasteiger partial charge on any atom is -0.463 e. The van der Waals surface area contributed by atoms with Crippen molar-refractivity contribution in [3.8, 4) is 0 Å². The van der Waals surface area contributed by atoms with E-state index < -0.39 is 6.09 Å². The van der Waals surface area contributed by atoms with E-state index in [9.17, 15) is 9.59 Å². The van der Waals surface area contributed by atoms with Gasteiger partial charge in [-0.2, -0.15) is 4.99 Å². The van der Waals surface area contributed by atoms with Crippen molar-refractivity contribution in [1.29, 1.82) is 0 Å². The molecule has 160 valence electrons. The van der Waals surface area contributed by atoms with Gasteiger partial charge in [-0.15, -0.1) is 0 Å². The molecule has 7 heteroatoms. The monoisotopic (exact) mass is 426 g/mol. The minimum absolute atomic E-state index is 0.0701. The second-order valence-electron chi connectivity index (χ2n) is 7.33. The summed E-state index contributed by atoms with van der Waals surface area (Å²) in [7, 11) is 0. The molecule has 1 aromatic heterocycles. The van der Waals surface area contributed by atoms with Gasteiger partial charge in [-0.1, -0.05) is 72.8 Å². The fraction of sp³-hybridized carbons (Fsp3) is 0.0800. The van der Waals surface area contributed by atoms with E-state index in [2.05, 4.69) is 27.0 Å². The van der Waals surface area contributed by atoms with Crippen LogP contribution in [0.2, 0.25) is 0 Å². The van der Waals surface area contributed by atoms with E-state index >= 15 is 0 Å². The lowest BCUT2D eigenvalue weighted by atomic mass is 10.1. The summed E-state index contributed by atoms with van der Waals surface area (Å²) in [5.41, 5.74) is 9.79. The number of nitrogens with zero attached hydrogens (tertiary/aromatic N) is 2. The molecular weight excluding hydrogens is 404 g/mol. The molecule has 4 N–H and O–H groups in total. The van der Waals surface area contributed by atoms with Crippen LogP contribution in [-0.4, -0.2) is 27.5 Å². The number of benzene rings is 3. The van der Waals surface area contributed by atoms with Gasteiger partial charge in [-0.3, -0.25) is 4.79 Å². The van der Waals surface area contributed by atoms with Crippen molar-refractivity contribution in [3.05, 3.63) is 107 Å². The number of amidine groups is 1. The number of hydrogen-bond donors (Lipinski definition) is 3. The molecule has 3 aromatic carbocycles. The molecule has 1 heterocycles. The van der Waals surface area contributed by atoms with E-state index in [1.54, 1.807) is 24.3 Å². The number of aromatic nitrogens is 1. The van der Waals surface area contributed by atoms with Gasteiger partial charge in [-0.25, -0.2) is 4.79 Å². The Morgan fingerprint density at radius 1 is 0.906 bits per heavy atom. The third kappa shape index (κ3) is 4.67. The quantitative estimate of drug-likeness (QED) is 0.320. The number of nitrogens with two attached hydrogens (primary N) is 1. The van der Waals surface area contributed by atoms with Gasteiger partial charge < -0.3 is 20.7 Å². The molecule has 7 nitrogen and oxygen atoms in total. The predicted molar refractivity (Wildman–Crippen MR) is 124 cm³/mol. The molecular formula is C25H22N4O3. The summed E-state index contributed by atoms with van der Waals surface area (Å²) in [4.78, 5) is 26.9.